The molecule has 1 aromatic carbocycles. The predicted octanol–water partition coefficient (Wildman–Crippen LogP) is 4.56. The van der Waals surface area contributed by atoms with Crippen LogP contribution in [-0.2, 0) is 6.54 Å². The number of urea groups is 1. The fourth-order valence-electron chi connectivity index (χ4n) is 3.23. The maximum Gasteiger partial charge on any atom is 0.322 e. The molecule has 0 aliphatic carbocycles. The van der Waals surface area contributed by atoms with Gasteiger partial charge in [-0.2, -0.15) is 0 Å². The molecule has 0 unspecified atom stereocenters. The zero-order valence-electron chi connectivity index (χ0n) is 14.5. The summed E-state index contributed by atoms with van der Waals surface area (Å²) in [6, 6.07) is 11.6. The van der Waals surface area contributed by atoms with Gasteiger partial charge in [-0.25, -0.2) is 4.79 Å². The highest BCUT2D eigenvalue weighted by Crippen LogP contribution is 2.24. The molecule has 1 aromatic heterocycles. The Morgan fingerprint density at radius 2 is 2.04 bits per heavy atom. The van der Waals surface area contributed by atoms with E-state index in [4.69, 9.17) is 4.42 Å². The minimum absolute atomic E-state index is 0.0850. The Morgan fingerprint density at radius 1 is 1.28 bits per heavy atom. The molecule has 0 bridgehead atoms. The second kappa shape index (κ2) is 8.54. The van der Waals surface area contributed by atoms with E-state index in [1.807, 2.05) is 41.3 Å². The molecule has 134 valence electrons. The second-order valence-electron chi connectivity index (χ2n) is 6.28. The molecule has 2 heterocycles. The predicted molar refractivity (Wildman–Crippen MR) is 103 cm³/mol. The van der Waals surface area contributed by atoms with Crippen LogP contribution < -0.4 is 5.32 Å². The number of carbonyl (C=O) groups excluding carboxylic acids is 1. The number of nitrogens with zero attached hydrogens (tertiary/aromatic N) is 2. The van der Waals surface area contributed by atoms with Crippen molar-refractivity contribution in [2.75, 3.05) is 25.0 Å². The first kappa shape index (κ1) is 18.0. The SMILES string of the molecule is CCN1CCC(N(Cc2ccco2)C(=O)Nc2ccccc2Br)CC1. The minimum Gasteiger partial charge on any atom is -0.467 e. The second-order valence-corrected chi connectivity index (χ2v) is 7.14. The average molecular weight is 406 g/mol. The summed E-state index contributed by atoms with van der Waals surface area (Å²) in [5.41, 5.74) is 0.780. The zero-order chi connectivity index (χ0) is 17.6. The maximum absolute atomic E-state index is 13.0. The number of nitrogens with one attached hydrogen (secondary N) is 1. The van der Waals surface area contributed by atoms with E-state index in [-0.39, 0.29) is 12.1 Å². The molecule has 2 amide bonds. The fourth-order valence-corrected chi connectivity index (χ4v) is 3.62. The van der Waals surface area contributed by atoms with Crippen LogP contribution in [-0.4, -0.2) is 41.5 Å². The first-order valence-electron chi connectivity index (χ1n) is 8.74. The Labute approximate surface area is 157 Å². The van der Waals surface area contributed by atoms with Gasteiger partial charge in [0.1, 0.15) is 5.76 Å². The summed E-state index contributed by atoms with van der Waals surface area (Å²) in [5, 5.41) is 3.03. The summed E-state index contributed by atoms with van der Waals surface area (Å²) in [7, 11) is 0. The van der Waals surface area contributed by atoms with Crippen molar-refractivity contribution in [3.05, 3.63) is 52.9 Å². The van der Waals surface area contributed by atoms with Crippen LogP contribution in [0.3, 0.4) is 0 Å². The highest BCUT2D eigenvalue weighted by molar-refractivity contribution is 9.10. The quantitative estimate of drug-likeness (QED) is 0.792. The lowest BCUT2D eigenvalue weighted by Gasteiger charge is -2.37. The normalized spacial score (nSPS) is 15.9. The molecule has 5 nitrogen and oxygen atoms in total. The molecule has 25 heavy (non-hydrogen) atoms. The first-order valence-corrected chi connectivity index (χ1v) is 9.53. The van der Waals surface area contributed by atoms with Crippen LogP contribution in [0.25, 0.3) is 0 Å². The third kappa shape index (κ3) is 4.64. The average Bonchev–Trinajstić information content (AvgIpc) is 3.15. The van der Waals surface area contributed by atoms with Crippen molar-refractivity contribution in [2.24, 2.45) is 0 Å². The fraction of sp³-hybridized carbons (Fsp3) is 0.421. The van der Waals surface area contributed by atoms with Crippen LogP contribution in [0.5, 0.6) is 0 Å². The molecule has 1 aliphatic rings. The minimum atomic E-state index is -0.0850. The summed E-state index contributed by atoms with van der Waals surface area (Å²) in [4.78, 5) is 17.3. The smallest absolute Gasteiger partial charge is 0.322 e. The summed E-state index contributed by atoms with van der Waals surface area (Å²) in [6.07, 6.45) is 3.62. The van der Waals surface area contributed by atoms with Crippen molar-refractivity contribution in [1.29, 1.82) is 0 Å². The number of halogens is 1. The molecule has 0 saturated carbocycles. The highest BCUT2D eigenvalue weighted by atomic mass is 79.9. The summed E-state index contributed by atoms with van der Waals surface area (Å²) < 4.78 is 6.36. The Hall–Kier alpha value is -1.79. The van der Waals surface area contributed by atoms with E-state index >= 15 is 0 Å². The van der Waals surface area contributed by atoms with Gasteiger partial charge in [0, 0.05) is 23.6 Å². The van der Waals surface area contributed by atoms with Crippen molar-refractivity contribution in [2.45, 2.75) is 32.4 Å². The van der Waals surface area contributed by atoms with Crippen molar-refractivity contribution in [1.82, 2.24) is 9.80 Å². The summed E-state index contributed by atoms with van der Waals surface area (Å²) in [5.74, 6) is 0.806. The topological polar surface area (TPSA) is 48.7 Å². The monoisotopic (exact) mass is 405 g/mol. The largest absolute Gasteiger partial charge is 0.467 e. The van der Waals surface area contributed by atoms with Crippen LogP contribution in [0, 0.1) is 0 Å². The van der Waals surface area contributed by atoms with Gasteiger partial charge >= 0.3 is 6.03 Å². The molecule has 2 aromatic rings. The molecule has 0 atom stereocenters. The maximum atomic E-state index is 13.0. The van der Waals surface area contributed by atoms with Crippen LogP contribution in [0.1, 0.15) is 25.5 Å². The number of rotatable bonds is 5. The van der Waals surface area contributed by atoms with Gasteiger partial charge in [0.05, 0.1) is 18.5 Å². The molecule has 0 spiro atoms. The van der Waals surface area contributed by atoms with Crippen molar-refractivity contribution >= 4 is 27.6 Å². The highest BCUT2D eigenvalue weighted by Gasteiger charge is 2.28. The van der Waals surface area contributed by atoms with E-state index < -0.39 is 0 Å². The standard InChI is InChI=1S/C19H24BrN3O2/c1-2-22-11-9-15(10-12-22)23(14-16-6-5-13-25-16)19(24)21-18-8-4-3-7-17(18)20/h3-8,13,15H,2,9-12,14H2,1H3,(H,21,24). The third-order valence-electron chi connectivity index (χ3n) is 4.73. The first-order chi connectivity index (χ1) is 12.2. The number of benzene rings is 1. The van der Waals surface area contributed by atoms with Crippen LogP contribution >= 0.6 is 15.9 Å². The van der Waals surface area contributed by atoms with Gasteiger partial charge < -0.3 is 19.5 Å². The summed E-state index contributed by atoms with van der Waals surface area (Å²) >= 11 is 3.49. The van der Waals surface area contributed by atoms with Gasteiger partial charge in [-0.3, -0.25) is 0 Å². The van der Waals surface area contributed by atoms with E-state index in [2.05, 4.69) is 33.1 Å². The molecule has 0 radical (unpaired) electrons. The molecule has 1 aliphatic heterocycles. The number of hydrogen-bond donors (Lipinski definition) is 1. The number of furan rings is 1. The van der Waals surface area contributed by atoms with Crippen LogP contribution in [0.15, 0.2) is 51.6 Å². The number of likely N-dealkylation sites (tertiary alicyclic amines) is 1. The van der Waals surface area contributed by atoms with E-state index in [1.165, 1.54) is 0 Å². The molecular formula is C19H24BrN3O2. The van der Waals surface area contributed by atoms with Gasteiger partial charge in [-0.15, -0.1) is 0 Å². The Morgan fingerprint density at radius 3 is 2.68 bits per heavy atom. The lowest BCUT2D eigenvalue weighted by atomic mass is 10.0. The number of para-hydroxylation sites is 1. The summed E-state index contributed by atoms with van der Waals surface area (Å²) in [6.45, 7) is 5.78. The van der Waals surface area contributed by atoms with Crippen LogP contribution in [0.2, 0.25) is 0 Å². The van der Waals surface area contributed by atoms with Crippen molar-refractivity contribution < 1.29 is 9.21 Å². The lowest BCUT2D eigenvalue weighted by Crippen LogP contribution is -2.48. The molecule has 6 heteroatoms. The van der Waals surface area contributed by atoms with Gasteiger partial charge in [0.15, 0.2) is 0 Å². The number of amides is 2. The molecule has 1 saturated heterocycles. The molecular weight excluding hydrogens is 382 g/mol. The molecule has 1 N–H and O–H groups in total. The van der Waals surface area contributed by atoms with Gasteiger partial charge in [0.2, 0.25) is 0 Å². The Bertz CT molecular complexity index is 682. The third-order valence-corrected chi connectivity index (χ3v) is 5.42. The molecule has 3 rings (SSSR count). The zero-order valence-corrected chi connectivity index (χ0v) is 16.0. The van der Waals surface area contributed by atoms with Gasteiger partial charge in [-0.05, 0) is 59.6 Å². The number of piperidine rings is 1. The van der Waals surface area contributed by atoms with Crippen LogP contribution in [0.4, 0.5) is 10.5 Å². The number of hydrogen-bond acceptors (Lipinski definition) is 3. The van der Waals surface area contributed by atoms with E-state index in [0.29, 0.717) is 6.54 Å². The van der Waals surface area contributed by atoms with E-state index in [1.54, 1.807) is 6.26 Å². The van der Waals surface area contributed by atoms with Gasteiger partial charge in [-0.1, -0.05) is 19.1 Å². The van der Waals surface area contributed by atoms with E-state index in [0.717, 1.165) is 48.4 Å². The number of anilines is 1. The Kier molecular flexibility index (Phi) is 6.15. The van der Waals surface area contributed by atoms with Crippen molar-refractivity contribution in [3.8, 4) is 0 Å². The Balaban J connectivity index is 1.73. The lowest BCUT2D eigenvalue weighted by molar-refractivity contribution is 0.121. The van der Waals surface area contributed by atoms with Gasteiger partial charge in [0.25, 0.3) is 0 Å². The molecule has 1 fully saturated rings. The van der Waals surface area contributed by atoms with E-state index in [9.17, 15) is 4.79 Å². The van der Waals surface area contributed by atoms with Crippen molar-refractivity contribution in [3.63, 3.8) is 0 Å². The number of carbonyl (C=O) groups is 1.